The van der Waals surface area contributed by atoms with Gasteiger partial charge in [0.2, 0.25) is 0 Å². The molecule has 86 valence electrons. The molecule has 0 aromatic heterocycles. The quantitative estimate of drug-likeness (QED) is 0.568. The maximum Gasteiger partial charge on any atom is 0.269 e. The number of hydrogen-bond acceptors (Lipinski definition) is 2. The van der Waals surface area contributed by atoms with Crippen LogP contribution in [0, 0.1) is 15.5 Å². The minimum Gasteiger partial charge on any atom is -0.258 e. The van der Waals surface area contributed by atoms with Crippen LogP contribution in [0.3, 0.4) is 0 Å². The predicted molar refractivity (Wildman–Crippen MR) is 66.2 cm³/mol. The molecule has 0 atom stereocenters. The molecule has 0 saturated carbocycles. The number of nitrogens with zero attached hydrogens (tertiary/aromatic N) is 1. The lowest BCUT2D eigenvalue weighted by molar-refractivity contribution is -0.384. The Morgan fingerprint density at radius 1 is 1.25 bits per heavy atom. The second-order valence-electron chi connectivity index (χ2n) is 5.02. The fourth-order valence-corrected chi connectivity index (χ4v) is 1.26. The standard InChI is InChI=1S/C13H17NO2/c1-13(2,3)10-4-5-11-6-8-12(9-7-11)14(15)16/h4-9H,10H2,1-3H3. The van der Waals surface area contributed by atoms with Gasteiger partial charge in [0.05, 0.1) is 4.92 Å². The maximum atomic E-state index is 10.4. The van der Waals surface area contributed by atoms with E-state index in [0.29, 0.717) is 0 Å². The largest absolute Gasteiger partial charge is 0.269 e. The molecule has 3 nitrogen and oxygen atoms in total. The Morgan fingerprint density at radius 3 is 2.25 bits per heavy atom. The van der Waals surface area contributed by atoms with E-state index in [2.05, 4.69) is 26.8 Å². The SMILES string of the molecule is CC(C)(C)CC=Cc1ccc([N+](=O)[O-])cc1. The molecule has 0 aliphatic carbocycles. The predicted octanol–water partition coefficient (Wildman–Crippen LogP) is 4.04. The fraction of sp³-hybridized carbons (Fsp3) is 0.385. The first kappa shape index (κ1) is 12.4. The number of non-ortho nitro benzene ring substituents is 1. The maximum absolute atomic E-state index is 10.4. The van der Waals surface area contributed by atoms with Gasteiger partial charge >= 0.3 is 0 Å². The zero-order chi connectivity index (χ0) is 12.2. The highest BCUT2D eigenvalue weighted by molar-refractivity contribution is 5.51. The van der Waals surface area contributed by atoms with Crippen molar-refractivity contribution in [3.05, 3.63) is 46.0 Å². The van der Waals surface area contributed by atoms with E-state index in [1.54, 1.807) is 12.1 Å². The van der Waals surface area contributed by atoms with Gasteiger partial charge in [0.15, 0.2) is 0 Å². The van der Waals surface area contributed by atoms with Crippen molar-refractivity contribution in [2.75, 3.05) is 0 Å². The highest BCUT2D eigenvalue weighted by atomic mass is 16.6. The Balaban J connectivity index is 2.65. The summed E-state index contributed by atoms with van der Waals surface area (Å²) in [6.07, 6.45) is 5.08. The lowest BCUT2D eigenvalue weighted by Gasteiger charge is -2.14. The van der Waals surface area contributed by atoms with Crippen molar-refractivity contribution in [3.63, 3.8) is 0 Å². The molecule has 0 heterocycles. The summed E-state index contributed by atoms with van der Waals surface area (Å²) in [5.74, 6) is 0. The smallest absolute Gasteiger partial charge is 0.258 e. The molecule has 0 unspecified atom stereocenters. The summed E-state index contributed by atoms with van der Waals surface area (Å²) in [5, 5.41) is 10.4. The topological polar surface area (TPSA) is 43.1 Å². The van der Waals surface area contributed by atoms with Gasteiger partial charge in [-0.1, -0.05) is 32.9 Å². The van der Waals surface area contributed by atoms with E-state index in [-0.39, 0.29) is 16.0 Å². The molecule has 1 rings (SSSR count). The second kappa shape index (κ2) is 4.92. The van der Waals surface area contributed by atoms with Crippen LogP contribution in [0.2, 0.25) is 0 Å². The second-order valence-corrected chi connectivity index (χ2v) is 5.02. The summed E-state index contributed by atoms with van der Waals surface area (Å²) in [6.45, 7) is 6.52. The normalized spacial score (nSPS) is 11.9. The number of benzene rings is 1. The van der Waals surface area contributed by atoms with Crippen LogP contribution in [0.15, 0.2) is 30.3 Å². The first-order valence-electron chi connectivity index (χ1n) is 5.29. The van der Waals surface area contributed by atoms with E-state index in [0.717, 1.165) is 12.0 Å². The van der Waals surface area contributed by atoms with Crippen molar-refractivity contribution in [1.29, 1.82) is 0 Å². The Labute approximate surface area is 95.9 Å². The minimum absolute atomic E-state index is 0.132. The monoisotopic (exact) mass is 219 g/mol. The third-order valence-electron chi connectivity index (χ3n) is 2.14. The highest BCUT2D eigenvalue weighted by Crippen LogP contribution is 2.20. The van der Waals surface area contributed by atoms with Crippen LogP contribution >= 0.6 is 0 Å². The molecule has 3 heteroatoms. The Kier molecular flexibility index (Phi) is 3.82. The van der Waals surface area contributed by atoms with Gasteiger partial charge in [-0.3, -0.25) is 10.1 Å². The number of hydrogen-bond donors (Lipinski definition) is 0. The van der Waals surface area contributed by atoms with Crippen molar-refractivity contribution in [1.82, 2.24) is 0 Å². The van der Waals surface area contributed by atoms with Gasteiger partial charge in [-0.2, -0.15) is 0 Å². The number of nitro groups is 1. The summed E-state index contributed by atoms with van der Waals surface area (Å²) in [4.78, 5) is 10.1. The number of rotatable bonds is 3. The zero-order valence-corrected chi connectivity index (χ0v) is 9.93. The molecule has 1 aromatic rings. The van der Waals surface area contributed by atoms with Crippen LogP contribution in [0.1, 0.15) is 32.8 Å². The van der Waals surface area contributed by atoms with Gasteiger partial charge in [-0.25, -0.2) is 0 Å². The Hall–Kier alpha value is -1.64. The Morgan fingerprint density at radius 2 is 1.81 bits per heavy atom. The number of allylic oxidation sites excluding steroid dienone is 1. The minimum atomic E-state index is -0.386. The first-order chi connectivity index (χ1) is 7.38. The Bertz CT molecular complexity index is 385. The third-order valence-corrected chi connectivity index (χ3v) is 2.14. The molecule has 0 aliphatic rings. The van der Waals surface area contributed by atoms with Gasteiger partial charge in [0.25, 0.3) is 5.69 Å². The lowest BCUT2D eigenvalue weighted by Crippen LogP contribution is -2.01. The summed E-state index contributed by atoms with van der Waals surface area (Å²) in [6, 6.07) is 6.57. The van der Waals surface area contributed by atoms with Crippen molar-refractivity contribution >= 4 is 11.8 Å². The first-order valence-corrected chi connectivity index (χ1v) is 5.29. The number of nitro benzene ring substituents is 1. The van der Waals surface area contributed by atoms with Crippen molar-refractivity contribution in [2.45, 2.75) is 27.2 Å². The van der Waals surface area contributed by atoms with Gasteiger partial charge in [-0.15, -0.1) is 0 Å². The van der Waals surface area contributed by atoms with E-state index in [9.17, 15) is 10.1 Å². The zero-order valence-electron chi connectivity index (χ0n) is 9.93. The van der Waals surface area contributed by atoms with E-state index >= 15 is 0 Å². The molecule has 16 heavy (non-hydrogen) atoms. The van der Waals surface area contributed by atoms with Crippen LogP contribution in [0.25, 0.3) is 6.08 Å². The molecular formula is C13H17NO2. The van der Waals surface area contributed by atoms with E-state index < -0.39 is 0 Å². The highest BCUT2D eigenvalue weighted by Gasteiger charge is 2.06. The molecular weight excluding hydrogens is 202 g/mol. The average molecular weight is 219 g/mol. The molecule has 0 N–H and O–H groups in total. The molecule has 0 bridgehead atoms. The summed E-state index contributed by atoms with van der Waals surface area (Å²) >= 11 is 0. The lowest BCUT2D eigenvalue weighted by atomic mass is 9.92. The van der Waals surface area contributed by atoms with Crippen LogP contribution in [-0.2, 0) is 0 Å². The van der Waals surface area contributed by atoms with E-state index in [1.807, 2.05) is 6.08 Å². The van der Waals surface area contributed by atoms with Gasteiger partial charge in [0.1, 0.15) is 0 Å². The van der Waals surface area contributed by atoms with Gasteiger partial charge < -0.3 is 0 Å². The average Bonchev–Trinajstić information content (AvgIpc) is 2.16. The van der Waals surface area contributed by atoms with E-state index in [1.165, 1.54) is 12.1 Å². The van der Waals surface area contributed by atoms with Gasteiger partial charge in [-0.05, 0) is 29.5 Å². The van der Waals surface area contributed by atoms with Crippen LogP contribution in [-0.4, -0.2) is 4.92 Å². The summed E-state index contributed by atoms with van der Waals surface area (Å²) < 4.78 is 0. The molecule has 0 fully saturated rings. The molecule has 0 radical (unpaired) electrons. The van der Waals surface area contributed by atoms with Crippen LogP contribution in [0.5, 0.6) is 0 Å². The van der Waals surface area contributed by atoms with Crippen molar-refractivity contribution in [2.24, 2.45) is 5.41 Å². The van der Waals surface area contributed by atoms with Crippen LogP contribution < -0.4 is 0 Å². The van der Waals surface area contributed by atoms with Crippen LogP contribution in [0.4, 0.5) is 5.69 Å². The van der Waals surface area contributed by atoms with Crippen molar-refractivity contribution in [3.8, 4) is 0 Å². The molecule has 1 aromatic carbocycles. The molecule has 0 spiro atoms. The fourth-order valence-electron chi connectivity index (χ4n) is 1.26. The third kappa shape index (κ3) is 4.26. The molecule has 0 amide bonds. The molecule has 0 aliphatic heterocycles. The summed E-state index contributed by atoms with van der Waals surface area (Å²) in [5.41, 5.74) is 1.40. The van der Waals surface area contributed by atoms with Crippen molar-refractivity contribution < 1.29 is 4.92 Å². The summed E-state index contributed by atoms with van der Waals surface area (Å²) in [7, 11) is 0. The molecule has 0 saturated heterocycles. The van der Waals surface area contributed by atoms with E-state index in [4.69, 9.17) is 0 Å². The van der Waals surface area contributed by atoms with Gasteiger partial charge in [0, 0.05) is 12.1 Å².